The SMILES string of the molecule is COC(=O)C(C)(C)NC(=O)C(C)(C)NC(=O)C(C)(C)NC(=O)C(C)(C)NC(=O)C(C)(C)NC(=O)NC(C)(C)CNC(=O)OC(C)(C)C. The summed E-state index contributed by atoms with van der Waals surface area (Å²) in [5, 5.41) is 18.1. The molecule has 0 aromatic rings. The standard InChI is InChI=1S/C31H57N7O9/c1-25(2,3)47-24(45)32-17-26(4,5)37-23(44)38-30(12,13)21(42)35-28(8,9)19(40)33-27(6,7)18(39)34-29(10,11)20(41)36-31(14,15)22(43)46-16/h17H2,1-16H3,(H,32,45)(H,33,40)(H,34,39)(H,35,42)(H,36,41)(H2,37,38,44). The van der Waals surface area contributed by atoms with Crippen LogP contribution in [0.15, 0.2) is 0 Å². The van der Waals surface area contributed by atoms with Crippen LogP contribution < -0.4 is 37.2 Å². The van der Waals surface area contributed by atoms with Crippen LogP contribution in [0.3, 0.4) is 0 Å². The smallest absolute Gasteiger partial charge is 0.407 e. The Hall–Kier alpha value is -4.11. The average molecular weight is 672 g/mol. The molecule has 0 atom stereocenters. The van der Waals surface area contributed by atoms with Crippen molar-refractivity contribution in [1.29, 1.82) is 0 Å². The summed E-state index contributed by atoms with van der Waals surface area (Å²) in [7, 11) is 1.18. The zero-order chi connectivity index (χ0) is 37.6. The van der Waals surface area contributed by atoms with E-state index in [0.717, 1.165) is 0 Å². The van der Waals surface area contributed by atoms with E-state index in [1.807, 2.05) is 0 Å². The summed E-state index contributed by atoms with van der Waals surface area (Å²) >= 11 is 0. The van der Waals surface area contributed by atoms with E-state index < -0.39 is 80.6 Å². The van der Waals surface area contributed by atoms with E-state index in [2.05, 4.69) is 37.2 Å². The summed E-state index contributed by atoms with van der Waals surface area (Å²) in [5.74, 6) is -3.50. The highest BCUT2D eigenvalue weighted by molar-refractivity contribution is 6.00. The molecule has 0 aliphatic heterocycles. The maximum atomic E-state index is 13.3. The van der Waals surface area contributed by atoms with Crippen LogP contribution in [0.1, 0.15) is 104 Å². The van der Waals surface area contributed by atoms with Crippen LogP contribution in [0.2, 0.25) is 0 Å². The van der Waals surface area contributed by atoms with Gasteiger partial charge in [0, 0.05) is 6.54 Å². The van der Waals surface area contributed by atoms with Crippen molar-refractivity contribution in [2.75, 3.05) is 13.7 Å². The molecule has 7 amide bonds. The number of rotatable bonds is 13. The molecule has 0 rings (SSSR count). The molecule has 270 valence electrons. The van der Waals surface area contributed by atoms with Gasteiger partial charge in [-0.15, -0.1) is 0 Å². The van der Waals surface area contributed by atoms with Crippen molar-refractivity contribution in [1.82, 2.24) is 37.2 Å². The molecule has 16 nitrogen and oxygen atoms in total. The molecule has 0 saturated carbocycles. The molecule has 0 spiro atoms. The van der Waals surface area contributed by atoms with Crippen molar-refractivity contribution in [2.24, 2.45) is 0 Å². The van der Waals surface area contributed by atoms with Gasteiger partial charge in [0.2, 0.25) is 23.6 Å². The van der Waals surface area contributed by atoms with Crippen LogP contribution in [-0.2, 0) is 33.4 Å². The lowest BCUT2D eigenvalue weighted by molar-refractivity contribution is -0.150. The van der Waals surface area contributed by atoms with Gasteiger partial charge in [-0.1, -0.05) is 0 Å². The fourth-order valence-electron chi connectivity index (χ4n) is 3.57. The van der Waals surface area contributed by atoms with Crippen LogP contribution >= 0.6 is 0 Å². The summed E-state index contributed by atoms with van der Waals surface area (Å²) in [5.41, 5.74) is -9.09. The largest absolute Gasteiger partial charge is 0.467 e. The van der Waals surface area contributed by atoms with Gasteiger partial charge in [0.1, 0.15) is 33.3 Å². The van der Waals surface area contributed by atoms with Crippen molar-refractivity contribution in [2.45, 2.75) is 143 Å². The molecule has 0 saturated heterocycles. The average Bonchev–Trinajstić information content (AvgIpc) is 2.84. The van der Waals surface area contributed by atoms with Gasteiger partial charge in [-0.25, -0.2) is 14.4 Å². The number of urea groups is 1. The number of methoxy groups -OCH3 is 1. The Bertz CT molecular complexity index is 1230. The van der Waals surface area contributed by atoms with Crippen LogP contribution in [0, 0.1) is 0 Å². The third-order valence-corrected chi connectivity index (χ3v) is 6.62. The van der Waals surface area contributed by atoms with Crippen molar-refractivity contribution in [3.05, 3.63) is 0 Å². The van der Waals surface area contributed by atoms with Crippen LogP contribution in [-0.4, -0.2) is 94.2 Å². The van der Waals surface area contributed by atoms with E-state index in [-0.39, 0.29) is 6.54 Å². The van der Waals surface area contributed by atoms with Gasteiger partial charge in [-0.2, -0.15) is 0 Å². The number of ether oxygens (including phenoxy) is 2. The lowest BCUT2D eigenvalue weighted by Gasteiger charge is -2.37. The summed E-state index contributed by atoms with van der Waals surface area (Å²) in [6.07, 6.45) is -0.650. The molecule has 0 heterocycles. The number of amides is 7. The molecule has 0 bridgehead atoms. The lowest BCUT2D eigenvalue weighted by atomic mass is 9.94. The highest BCUT2D eigenvalue weighted by atomic mass is 16.6. The first-order chi connectivity index (χ1) is 20.7. The van der Waals surface area contributed by atoms with E-state index in [1.165, 1.54) is 76.3 Å². The second kappa shape index (κ2) is 14.8. The molecule has 0 aliphatic rings. The van der Waals surface area contributed by atoms with Gasteiger partial charge in [0.05, 0.1) is 12.6 Å². The monoisotopic (exact) mass is 671 g/mol. The molecule has 0 aromatic carbocycles. The summed E-state index contributed by atoms with van der Waals surface area (Å²) in [6, 6.07) is -0.706. The molecule has 0 fully saturated rings. The van der Waals surface area contributed by atoms with Crippen LogP contribution in [0.25, 0.3) is 0 Å². The fraction of sp³-hybridized carbons (Fsp3) is 0.774. The van der Waals surface area contributed by atoms with Crippen LogP contribution in [0.5, 0.6) is 0 Å². The first-order valence-electron chi connectivity index (χ1n) is 15.2. The minimum atomic E-state index is -1.56. The van der Waals surface area contributed by atoms with Gasteiger partial charge >= 0.3 is 18.1 Å². The minimum absolute atomic E-state index is 0.0336. The molecule has 0 unspecified atom stereocenters. The first kappa shape index (κ1) is 42.9. The molecular formula is C31H57N7O9. The Morgan fingerprint density at radius 3 is 1.11 bits per heavy atom. The molecule has 0 aromatic heterocycles. The number of carbonyl (C=O) groups is 7. The normalized spacial score (nSPS) is 12.9. The molecule has 16 heteroatoms. The molecule has 7 N–H and O–H groups in total. The molecule has 0 radical (unpaired) electrons. The Balaban J connectivity index is 5.39. The number of nitrogens with one attached hydrogen (secondary N) is 7. The van der Waals surface area contributed by atoms with Crippen molar-refractivity contribution >= 4 is 41.7 Å². The Morgan fingerprint density at radius 1 is 0.468 bits per heavy atom. The van der Waals surface area contributed by atoms with Gasteiger partial charge < -0.3 is 46.7 Å². The minimum Gasteiger partial charge on any atom is -0.467 e. The van der Waals surface area contributed by atoms with E-state index in [4.69, 9.17) is 9.47 Å². The van der Waals surface area contributed by atoms with Crippen molar-refractivity contribution in [3.8, 4) is 0 Å². The zero-order valence-corrected chi connectivity index (χ0v) is 30.9. The lowest BCUT2D eigenvalue weighted by Crippen LogP contribution is -2.68. The second-order valence-electron chi connectivity index (χ2n) is 15.8. The second-order valence-corrected chi connectivity index (χ2v) is 15.8. The van der Waals surface area contributed by atoms with E-state index in [9.17, 15) is 33.6 Å². The number of hydrogen-bond donors (Lipinski definition) is 7. The number of carbonyl (C=O) groups excluding carboxylic acids is 7. The fourth-order valence-corrected chi connectivity index (χ4v) is 3.57. The number of esters is 1. The van der Waals surface area contributed by atoms with E-state index in [1.54, 1.807) is 34.6 Å². The predicted octanol–water partition coefficient (Wildman–Crippen LogP) is 1.12. The summed E-state index contributed by atoms with van der Waals surface area (Å²) in [6.45, 7) is 22.8. The summed E-state index contributed by atoms with van der Waals surface area (Å²) in [4.78, 5) is 89.3. The highest BCUT2D eigenvalue weighted by Crippen LogP contribution is 2.15. The zero-order valence-electron chi connectivity index (χ0n) is 30.9. The van der Waals surface area contributed by atoms with E-state index in [0.29, 0.717) is 0 Å². The Morgan fingerprint density at radius 2 is 0.787 bits per heavy atom. The predicted molar refractivity (Wildman–Crippen MR) is 175 cm³/mol. The van der Waals surface area contributed by atoms with Gasteiger partial charge in [0.15, 0.2) is 0 Å². The van der Waals surface area contributed by atoms with Crippen molar-refractivity contribution < 1.29 is 43.0 Å². The number of alkyl carbamates (subject to hydrolysis) is 1. The van der Waals surface area contributed by atoms with Crippen LogP contribution in [0.4, 0.5) is 9.59 Å². The Labute approximate surface area is 278 Å². The maximum Gasteiger partial charge on any atom is 0.407 e. The highest BCUT2D eigenvalue weighted by Gasteiger charge is 2.43. The van der Waals surface area contributed by atoms with Gasteiger partial charge in [0.25, 0.3) is 0 Å². The third-order valence-electron chi connectivity index (χ3n) is 6.62. The van der Waals surface area contributed by atoms with Gasteiger partial charge in [-0.05, 0) is 104 Å². The topological polar surface area (TPSA) is 222 Å². The maximum absolute atomic E-state index is 13.3. The number of hydrogen-bond acceptors (Lipinski definition) is 9. The first-order valence-corrected chi connectivity index (χ1v) is 15.2. The summed E-state index contributed by atoms with van der Waals surface area (Å²) < 4.78 is 9.90. The van der Waals surface area contributed by atoms with Crippen molar-refractivity contribution in [3.63, 3.8) is 0 Å². The Kier molecular flexibility index (Phi) is 13.5. The molecule has 0 aliphatic carbocycles. The molecular weight excluding hydrogens is 614 g/mol. The van der Waals surface area contributed by atoms with E-state index >= 15 is 0 Å². The van der Waals surface area contributed by atoms with Gasteiger partial charge in [-0.3, -0.25) is 19.2 Å². The third kappa shape index (κ3) is 14.0. The molecule has 47 heavy (non-hydrogen) atoms. The quantitative estimate of drug-likeness (QED) is 0.139.